The van der Waals surface area contributed by atoms with Crippen LogP contribution in [0.1, 0.15) is 36.8 Å². The summed E-state index contributed by atoms with van der Waals surface area (Å²) in [4.78, 5) is 0. The third-order valence-electron chi connectivity index (χ3n) is 3.69. The van der Waals surface area contributed by atoms with Gasteiger partial charge in [0.1, 0.15) is 10.5 Å². The lowest BCUT2D eigenvalue weighted by atomic mass is 9.97. The topological polar surface area (TPSA) is 9.23 Å². The molecule has 1 aliphatic rings. The molecule has 114 valence electrons. The van der Waals surface area contributed by atoms with Crippen molar-refractivity contribution in [2.24, 2.45) is 0 Å². The fourth-order valence-corrected chi connectivity index (χ4v) is 1.93. The van der Waals surface area contributed by atoms with Gasteiger partial charge in [0, 0.05) is 7.11 Å². The Bertz CT molecular complexity index is 500. The molecular formula is C19H28OSi. The van der Waals surface area contributed by atoms with Crippen molar-refractivity contribution in [2.45, 2.75) is 39.5 Å². The first-order valence-corrected chi connectivity index (χ1v) is 8.54. The smallest absolute Gasteiger partial charge is 0.145 e. The molecule has 0 aliphatic heterocycles. The molecule has 0 saturated heterocycles. The Morgan fingerprint density at radius 2 is 1.33 bits per heavy atom. The van der Waals surface area contributed by atoms with Crippen molar-refractivity contribution in [1.82, 2.24) is 0 Å². The van der Waals surface area contributed by atoms with Gasteiger partial charge < -0.3 is 4.43 Å². The van der Waals surface area contributed by atoms with Crippen LogP contribution in [0.2, 0.25) is 0 Å². The Labute approximate surface area is 132 Å². The van der Waals surface area contributed by atoms with Crippen molar-refractivity contribution >= 4 is 10.5 Å². The monoisotopic (exact) mass is 300 g/mol. The first-order valence-electron chi connectivity index (χ1n) is 7.72. The third-order valence-corrected chi connectivity index (χ3v) is 3.69. The van der Waals surface area contributed by atoms with E-state index in [1.807, 2.05) is 0 Å². The van der Waals surface area contributed by atoms with Gasteiger partial charge in [0.2, 0.25) is 0 Å². The summed E-state index contributed by atoms with van der Waals surface area (Å²) in [6.45, 7) is 4.33. The van der Waals surface area contributed by atoms with Crippen LogP contribution in [0.4, 0.5) is 0 Å². The molecule has 0 unspecified atom stereocenters. The molecule has 0 radical (unpaired) electrons. The fraction of sp³-hybridized carbons (Fsp3) is 0.368. The third kappa shape index (κ3) is 6.28. The van der Waals surface area contributed by atoms with E-state index < -0.39 is 0 Å². The van der Waals surface area contributed by atoms with Gasteiger partial charge in [0.05, 0.1) is 0 Å². The van der Waals surface area contributed by atoms with E-state index in [1.54, 1.807) is 7.11 Å². The summed E-state index contributed by atoms with van der Waals surface area (Å²) < 4.78 is 4.39. The van der Waals surface area contributed by atoms with E-state index >= 15 is 0 Å². The van der Waals surface area contributed by atoms with Crippen LogP contribution in [0.25, 0.3) is 11.1 Å². The summed E-state index contributed by atoms with van der Waals surface area (Å²) in [5, 5.41) is 0. The van der Waals surface area contributed by atoms with Crippen molar-refractivity contribution in [3.8, 4) is 11.1 Å². The van der Waals surface area contributed by atoms with Gasteiger partial charge in [-0.1, -0.05) is 74.2 Å². The van der Waals surface area contributed by atoms with Crippen LogP contribution in [-0.2, 0) is 4.43 Å². The molecule has 3 rings (SSSR count). The number of hydrogen-bond acceptors (Lipinski definition) is 1. The number of aryl methyl sites for hydroxylation is 1. The number of rotatable bonds is 1. The van der Waals surface area contributed by atoms with Gasteiger partial charge >= 0.3 is 0 Å². The van der Waals surface area contributed by atoms with Crippen LogP contribution in [0.5, 0.6) is 0 Å². The van der Waals surface area contributed by atoms with E-state index in [9.17, 15) is 0 Å². The van der Waals surface area contributed by atoms with Crippen molar-refractivity contribution in [2.75, 3.05) is 7.11 Å². The largest absolute Gasteiger partial charge is 0.431 e. The average Bonchev–Trinajstić information content (AvgIpc) is 2.42. The zero-order valence-corrected chi connectivity index (χ0v) is 15.9. The summed E-state index contributed by atoms with van der Waals surface area (Å²) in [6, 6.07) is 17.0. The molecule has 1 aliphatic carbocycles. The normalized spacial score (nSPS) is 12.3. The van der Waals surface area contributed by atoms with Gasteiger partial charge in [-0.25, -0.2) is 0 Å². The molecule has 0 bridgehead atoms. The van der Waals surface area contributed by atoms with Gasteiger partial charge in [0.25, 0.3) is 0 Å². The summed E-state index contributed by atoms with van der Waals surface area (Å²) >= 11 is 0. The van der Waals surface area contributed by atoms with Crippen molar-refractivity contribution in [3.05, 3.63) is 59.7 Å². The fourth-order valence-electron chi connectivity index (χ4n) is 1.93. The molecular weight excluding hydrogens is 272 g/mol. The van der Waals surface area contributed by atoms with Gasteiger partial charge in [-0.3, -0.25) is 0 Å². The molecule has 1 saturated carbocycles. The molecule has 1 fully saturated rings. The second-order valence-electron chi connectivity index (χ2n) is 5.44. The number of hydrogen-bond donors (Lipinski definition) is 0. The predicted molar refractivity (Wildman–Crippen MR) is 96.8 cm³/mol. The quantitative estimate of drug-likeness (QED) is 0.707. The van der Waals surface area contributed by atoms with Crippen LogP contribution in [0.15, 0.2) is 48.5 Å². The average molecular weight is 301 g/mol. The highest BCUT2D eigenvalue weighted by Gasteiger charge is 2.01. The second kappa shape index (κ2) is 10.4. The first-order chi connectivity index (χ1) is 10.2. The van der Waals surface area contributed by atoms with Crippen molar-refractivity contribution < 1.29 is 4.43 Å². The highest BCUT2D eigenvalue weighted by Crippen LogP contribution is 2.24. The molecule has 1 nitrogen and oxygen atoms in total. The lowest BCUT2D eigenvalue weighted by Gasteiger charge is -2.07. The van der Waals surface area contributed by atoms with E-state index in [4.69, 9.17) is 0 Å². The van der Waals surface area contributed by atoms with Gasteiger partial charge in [-0.15, -0.1) is 0 Å². The maximum Gasteiger partial charge on any atom is 0.145 e. The molecule has 0 amide bonds. The first kappa shape index (κ1) is 17.7. The lowest BCUT2D eigenvalue weighted by Crippen LogP contribution is -1.85. The van der Waals surface area contributed by atoms with Crippen LogP contribution in [0.3, 0.4) is 0 Å². The van der Waals surface area contributed by atoms with Crippen molar-refractivity contribution in [1.29, 1.82) is 0 Å². The SMILES string of the molecule is C1CCC1.CO[SiH3].Cc1cccc(-c2ccccc2)c1C. The molecule has 0 spiro atoms. The van der Waals surface area contributed by atoms with Crippen LogP contribution >= 0.6 is 0 Å². The minimum atomic E-state index is 0.869. The molecule has 0 atom stereocenters. The maximum atomic E-state index is 4.39. The van der Waals surface area contributed by atoms with Crippen LogP contribution in [-0.4, -0.2) is 17.6 Å². The molecule has 21 heavy (non-hydrogen) atoms. The highest BCUT2D eigenvalue weighted by atomic mass is 28.2. The van der Waals surface area contributed by atoms with E-state index in [1.165, 1.54) is 47.9 Å². The Morgan fingerprint density at radius 3 is 1.81 bits per heavy atom. The van der Waals surface area contributed by atoms with Crippen LogP contribution < -0.4 is 0 Å². The summed E-state index contributed by atoms with van der Waals surface area (Å²) in [6.07, 6.45) is 6.00. The molecule has 0 aromatic heterocycles. The highest BCUT2D eigenvalue weighted by molar-refractivity contribution is 5.97. The molecule has 2 aromatic carbocycles. The van der Waals surface area contributed by atoms with E-state index in [0.717, 1.165) is 10.5 Å². The minimum Gasteiger partial charge on any atom is -0.431 e. The Balaban J connectivity index is 0.000000261. The van der Waals surface area contributed by atoms with Crippen LogP contribution in [0, 0.1) is 13.8 Å². The molecule has 2 aromatic rings. The zero-order valence-electron chi connectivity index (χ0n) is 13.9. The maximum absolute atomic E-state index is 4.39. The Kier molecular flexibility index (Phi) is 8.72. The lowest BCUT2D eigenvalue weighted by molar-refractivity contribution is 0.460. The Hall–Kier alpha value is -1.38. The minimum absolute atomic E-state index is 0.869. The second-order valence-corrected chi connectivity index (χ2v) is 6.25. The molecule has 2 heteroatoms. The van der Waals surface area contributed by atoms with Gasteiger partial charge in [-0.05, 0) is 36.1 Å². The van der Waals surface area contributed by atoms with Gasteiger partial charge in [0.15, 0.2) is 0 Å². The van der Waals surface area contributed by atoms with E-state index in [2.05, 4.69) is 66.8 Å². The van der Waals surface area contributed by atoms with Gasteiger partial charge in [-0.2, -0.15) is 0 Å². The zero-order chi connectivity index (χ0) is 15.5. The van der Waals surface area contributed by atoms with Crippen molar-refractivity contribution in [3.63, 3.8) is 0 Å². The summed E-state index contributed by atoms with van der Waals surface area (Å²) in [7, 11) is 2.56. The molecule has 0 N–H and O–H groups in total. The van der Waals surface area contributed by atoms with E-state index in [0.29, 0.717) is 0 Å². The summed E-state index contributed by atoms with van der Waals surface area (Å²) in [5.41, 5.74) is 5.37. The van der Waals surface area contributed by atoms with E-state index in [-0.39, 0.29) is 0 Å². The standard InChI is InChI=1S/C14H14.C4H8.CH6OSi/c1-11-7-6-10-14(12(11)2)13-8-4-3-5-9-13;1-2-4-3-1;1-2-3/h3-10H,1-2H3;1-4H2;1,3H3. The predicted octanol–water partition coefficient (Wildman–Crippen LogP) is 4.44. The Morgan fingerprint density at radius 1 is 0.810 bits per heavy atom. The summed E-state index contributed by atoms with van der Waals surface area (Å²) in [5.74, 6) is 0. The number of benzene rings is 2. The molecule has 0 heterocycles.